The normalized spacial score (nSPS) is 16.0. The number of halogens is 1. The number of hydrogen-bond acceptors (Lipinski definition) is 10. The van der Waals surface area contributed by atoms with Gasteiger partial charge in [-0.2, -0.15) is 0 Å². The Labute approximate surface area is 243 Å². The third kappa shape index (κ3) is 6.62. The molecule has 0 radical (unpaired) electrons. The number of piperazine rings is 1. The summed E-state index contributed by atoms with van der Waals surface area (Å²) in [6, 6.07) is 8.61. The minimum atomic E-state index is -0.559. The zero-order valence-corrected chi connectivity index (χ0v) is 23.9. The van der Waals surface area contributed by atoms with Crippen molar-refractivity contribution in [3.63, 3.8) is 0 Å². The van der Waals surface area contributed by atoms with Crippen molar-refractivity contribution in [3.8, 4) is 0 Å². The Morgan fingerprint density at radius 1 is 1.07 bits per heavy atom. The van der Waals surface area contributed by atoms with Gasteiger partial charge in [-0.3, -0.25) is 19.5 Å². The van der Waals surface area contributed by atoms with Crippen LogP contribution in [0, 0.1) is 5.82 Å². The van der Waals surface area contributed by atoms with Gasteiger partial charge in [0.2, 0.25) is 11.9 Å². The number of carbonyl (C=O) groups excluding carboxylic acids is 2. The highest BCUT2D eigenvalue weighted by molar-refractivity contribution is 5.97. The first-order chi connectivity index (χ1) is 20.4. The Hall–Kier alpha value is -4.26. The number of nitrogens with zero attached hydrogens (tertiary/aromatic N) is 5. The zero-order valence-electron chi connectivity index (χ0n) is 23.9. The van der Waals surface area contributed by atoms with Crippen LogP contribution in [0.2, 0.25) is 0 Å². The third-order valence-corrected chi connectivity index (χ3v) is 7.47. The number of aromatic nitrogens is 3. The molecule has 2 aliphatic rings. The van der Waals surface area contributed by atoms with E-state index in [0.29, 0.717) is 35.7 Å². The van der Waals surface area contributed by atoms with Gasteiger partial charge in [-0.1, -0.05) is 18.2 Å². The summed E-state index contributed by atoms with van der Waals surface area (Å²) in [6.07, 6.45) is 5.16. The molecule has 12 heteroatoms. The van der Waals surface area contributed by atoms with E-state index in [4.69, 9.17) is 4.74 Å². The van der Waals surface area contributed by atoms with Crippen molar-refractivity contribution < 1.29 is 23.5 Å². The molecule has 0 bridgehead atoms. The Kier molecular flexibility index (Phi) is 9.15. The molecule has 2 N–H and O–H groups in total. The van der Waals surface area contributed by atoms with E-state index in [1.807, 2.05) is 24.3 Å². The summed E-state index contributed by atoms with van der Waals surface area (Å²) in [4.78, 5) is 42.1. The van der Waals surface area contributed by atoms with E-state index in [9.17, 15) is 9.59 Å². The molecule has 220 valence electrons. The van der Waals surface area contributed by atoms with Crippen LogP contribution in [0.15, 0.2) is 48.8 Å². The second-order valence-electron chi connectivity index (χ2n) is 10.3. The molecule has 1 fully saturated rings. The van der Waals surface area contributed by atoms with Crippen molar-refractivity contribution in [1.29, 1.82) is 0 Å². The summed E-state index contributed by atoms with van der Waals surface area (Å²) in [7, 11) is 5.00. The zero-order chi connectivity index (χ0) is 29.6. The van der Waals surface area contributed by atoms with Crippen LogP contribution < -0.4 is 10.6 Å². The van der Waals surface area contributed by atoms with Crippen molar-refractivity contribution in [2.45, 2.75) is 18.9 Å². The SMILES string of the molecule is COC[C@H](C(=O)Nc1cccc2c1CC=C2c1nc(Nc2ccc(CC(=O)OC)nc2)ncc1F)N1CCN(C)CC1. The van der Waals surface area contributed by atoms with Crippen LogP contribution in [-0.2, 0) is 31.9 Å². The highest BCUT2D eigenvalue weighted by Gasteiger charge is 2.30. The number of anilines is 3. The van der Waals surface area contributed by atoms with Crippen molar-refractivity contribution in [2.75, 3.05) is 64.7 Å². The summed E-state index contributed by atoms with van der Waals surface area (Å²) in [5.74, 6) is -0.875. The monoisotopic (exact) mass is 575 g/mol. The average molecular weight is 576 g/mol. The first kappa shape index (κ1) is 29.2. The molecule has 1 aliphatic carbocycles. The van der Waals surface area contributed by atoms with Gasteiger partial charge in [0.1, 0.15) is 11.7 Å². The standard InChI is InChI=1S/C30H34FN7O4/c1-37-11-13-38(14-12-37)26(18-41-2)29(40)35-25-6-4-5-21-22(25)9-10-23(21)28-24(31)17-33-30(36-28)34-20-8-7-19(32-16-20)15-27(39)42-3/h4-8,10,16-17,26H,9,11-15,18H2,1-3H3,(H,35,40)(H,33,34,36)/t26-/m1/s1. The molecule has 0 unspecified atom stereocenters. The number of ether oxygens (including phenoxy) is 2. The number of fused-ring (bicyclic) bond motifs is 1. The minimum Gasteiger partial charge on any atom is -0.469 e. The molecule has 2 aromatic heterocycles. The molecule has 0 saturated carbocycles. The van der Waals surface area contributed by atoms with Gasteiger partial charge in [-0.25, -0.2) is 14.4 Å². The number of amides is 1. The fraction of sp³-hybridized carbons (Fsp3) is 0.367. The molecule has 42 heavy (non-hydrogen) atoms. The van der Waals surface area contributed by atoms with Crippen molar-refractivity contribution in [3.05, 3.63) is 77.1 Å². The molecule has 1 aromatic carbocycles. The second-order valence-corrected chi connectivity index (χ2v) is 10.3. The topological polar surface area (TPSA) is 122 Å². The lowest BCUT2D eigenvalue weighted by molar-refractivity contribution is -0.139. The highest BCUT2D eigenvalue weighted by atomic mass is 19.1. The minimum absolute atomic E-state index is 0.0624. The largest absolute Gasteiger partial charge is 0.469 e. The summed E-state index contributed by atoms with van der Waals surface area (Å²) < 4.78 is 25.1. The van der Waals surface area contributed by atoms with E-state index in [1.165, 1.54) is 7.11 Å². The lowest BCUT2D eigenvalue weighted by Gasteiger charge is -2.36. The van der Waals surface area contributed by atoms with Crippen LogP contribution in [0.4, 0.5) is 21.7 Å². The van der Waals surface area contributed by atoms with Crippen molar-refractivity contribution in [2.24, 2.45) is 0 Å². The molecule has 11 nitrogen and oxygen atoms in total. The summed E-state index contributed by atoms with van der Waals surface area (Å²) in [5, 5.41) is 6.14. The molecular weight excluding hydrogens is 541 g/mol. The Morgan fingerprint density at radius 3 is 2.60 bits per heavy atom. The van der Waals surface area contributed by atoms with Crippen molar-refractivity contribution in [1.82, 2.24) is 24.8 Å². The predicted octanol–water partition coefficient (Wildman–Crippen LogP) is 2.66. The van der Waals surface area contributed by atoms with E-state index in [1.54, 1.807) is 25.4 Å². The fourth-order valence-corrected chi connectivity index (χ4v) is 5.14. The molecule has 1 atom stereocenters. The highest BCUT2D eigenvalue weighted by Crippen LogP contribution is 2.37. The van der Waals surface area contributed by atoms with Crippen LogP contribution in [0.5, 0.6) is 0 Å². The van der Waals surface area contributed by atoms with Gasteiger partial charge in [0.05, 0.1) is 43.9 Å². The maximum atomic E-state index is 15.1. The number of hydrogen-bond donors (Lipinski definition) is 2. The van der Waals surface area contributed by atoms with Gasteiger partial charge >= 0.3 is 5.97 Å². The Bertz CT molecular complexity index is 1470. The predicted molar refractivity (Wildman–Crippen MR) is 156 cm³/mol. The van der Waals surface area contributed by atoms with E-state index < -0.39 is 11.9 Å². The van der Waals surface area contributed by atoms with Gasteiger partial charge < -0.3 is 25.0 Å². The van der Waals surface area contributed by atoms with E-state index in [2.05, 4.69) is 47.2 Å². The maximum Gasteiger partial charge on any atom is 0.311 e. The van der Waals surface area contributed by atoms with Crippen LogP contribution in [0.1, 0.15) is 22.5 Å². The molecule has 1 aliphatic heterocycles. The number of likely N-dealkylation sites (N-methyl/N-ethyl adjacent to an activating group) is 1. The van der Waals surface area contributed by atoms with Gasteiger partial charge in [0.15, 0.2) is 5.82 Å². The Balaban J connectivity index is 1.32. The summed E-state index contributed by atoms with van der Waals surface area (Å²) >= 11 is 0. The number of esters is 1. The van der Waals surface area contributed by atoms with E-state index in [-0.39, 0.29) is 29.9 Å². The molecule has 0 spiro atoms. The van der Waals surface area contributed by atoms with Crippen LogP contribution in [0.25, 0.3) is 5.57 Å². The molecule has 1 amide bonds. The number of rotatable bonds is 10. The Morgan fingerprint density at radius 2 is 1.88 bits per heavy atom. The van der Waals surface area contributed by atoms with Gasteiger partial charge in [-0.05, 0) is 42.8 Å². The van der Waals surface area contributed by atoms with Crippen molar-refractivity contribution >= 4 is 34.8 Å². The summed E-state index contributed by atoms with van der Waals surface area (Å²) in [6.45, 7) is 3.64. The fourth-order valence-electron chi connectivity index (χ4n) is 5.14. The molecule has 1 saturated heterocycles. The number of benzene rings is 1. The first-order valence-corrected chi connectivity index (χ1v) is 13.7. The number of carbonyl (C=O) groups is 2. The number of allylic oxidation sites excluding steroid dienone is 1. The smallest absolute Gasteiger partial charge is 0.311 e. The number of pyridine rings is 1. The lowest BCUT2D eigenvalue weighted by atomic mass is 10.0. The molecular formula is C30H34FN7O4. The lowest BCUT2D eigenvalue weighted by Crippen LogP contribution is -2.54. The third-order valence-electron chi connectivity index (χ3n) is 7.47. The van der Waals surface area contributed by atoms with Gasteiger partial charge in [0, 0.05) is 44.5 Å². The van der Waals surface area contributed by atoms with Crippen LogP contribution in [0.3, 0.4) is 0 Å². The van der Waals surface area contributed by atoms with Crippen LogP contribution >= 0.6 is 0 Å². The number of methoxy groups -OCH3 is 2. The number of nitrogens with one attached hydrogen (secondary N) is 2. The van der Waals surface area contributed by atoms with Gasteiger partial charge in [0.25, 0.3) is 0 Å². The summed E-state index contributed by atoms with van der Waals surface area (Å²) in [5.41, 5.74) is 4.30. The maximum absolute atomic E-state index is 15.1. The molecule has 3 aromatic rings. The van der Waals surface area contributed by atoms with Gasteiger partial charge in [-0.15, -0.1) is 0 Å². The quantitative estimate of drug-likeness (QED) is 0.349. The molecule has 5 rings (SSSR count). The second kappa shape index (κ2) is 13.1. The van der Waals surface area contributed by atoms with E-state index in [0.717, 1.165) is 43.5 Å². The van der Waals surface area contributed by atoms with Crippen LogP contribution in [-0.4, -0.2) is 96.7 Å². The van der Waals surface area contributed by atoms with E-state index >= 15 is 4.39 Å². The molecule has 3 heterocycles. The first-order valence-electron chi connectivity index (χ1n) is 13.7. The average Bonchev–Trinajstić information content (AvgIpc) is 3.43.